The van der Waals surface area contributed by atoms with Crippen molar-refractivity contribution in [3.63, 3.8) is 0 Å². The van der Waals surface area contributed by atoms with Crippen LogP contribution in [0.1, 0.15) is 60.8 Å². The van der Waals surface area contributed by atoms with E-state index < -0.39 is 0 Å². The molecule has 2 nitrogen and oxygen atoms in total. The van der Waals surface area contributed by atoms with Crippen molar-refractivity contribution in [2.45, 2.75) is 78.9 Å². The fourth-order valence-corrected chi connectivity index (χ4v) is 3.46. The van der Waals surface area contributed by atoms with Crippen LogP contribution in [0.15, 0.2) is 0 Å². The first-order valence-corrected chi connectivity index (χ1v) is 7.47. The van der Waals surface area contributed by atoms with Gasteiger partial charge in [0.1, 0.15) is 0 Å². The van der Waals surface area contributed by atoms with Gasteiger partial charge in [0.15, 0.2) is 0 Å². The number of nitrogens with one attached hydrogen (secondary N) is 1. The van der Waals surface area contributed by atoms with Crippen LogP contribution in [0, 0.1) is 5.41 Å². The standard InChI is InChI=1S/C15H32N2/c1-7-12(4)17(9-3)13-10-11-15(5,6)14(13)16-8-2/h12-14,16H,7-11H2,1-6H3. The van der Waals surface area contributed by atoms with Gasteiger partial charge in [0.2, 0.25) is 0 Å². The lowest BCUT2D eigenvalue weighted by molar-refractivity contribution is 0.110. The average molecular weight is 240 g/mol. The third-order valence-electron chi connectivity index (χ3n) is 4.68. The molecule has 0 amide bonds. The molecule has 1 N–H and O–H groups in total. The molecule has 0 aromatic carbocycles. The Bertz CT molecular complexity index is 225. The zero-order valence-electron chi connectivity index (χ0n) is 12.7. The Balaban J connectivity index is 2.80. The van der Waals surface area contributed by atoms with Gasteiger partial charge >= 0.3 is 0 Å². The molecule has 0 aromatic heterocycles. The Hall–Kier alpha value is -0.0800. The molecule has 0 aromatic rings. The minimum absolute atomic E-state index is 0.446. The van der Waals surface area contributed by atoms with E-state index >= 15 is 0 Å². The monoisotopic (exact) mass is 240 g/mol. The van der Waals surface area contributed by atoms with Crippen LogP contribution in [0.3, 0.4) is 0 Å². The van der Waals surface area contributed by atoms with Crippen molar-refractivity contribution in [2.75, 3.05) is 13.1 Å². The zero-order chi connectivity index (χ0) is 13.1. The van der Waals surface area contributed by atoms with E-state index in [4.69, 9.17) is 0 Å². The quantitative estimate of drug-likeness (QED) is 0.766. The van der Waals surface area contributed by atoms with Crippen LogP contribution < -0.4 is 5.32 Å². The van der Waals surface area contributed by atoms with Gasteiger partial charge in [-0.05, 0) is 44.7 Å². The van der Waals surface area contributed by atoms with Crippen LogP contribution in [0.5, 0.6) is 0 Å². The fourth-order valence-electron chi connectivity index (χ4n) is 3.46. The van der Waals surface area contributed by atoms with Crippen molar-refractivity contribution in [3.8, 4) is 0 Å². The predicted molar refractivity (Wildman–Crippen MR) is 76.4 cm³/mol. The second-order valence-electron chi connectivity index (χ2n) is 6.22. The smallest absolute Gasteiger partial charge is 0.0274 e. The van der Waals surface area contributed by atoms with Crippen LogP contribution in [0.2, 0.25) is 0 Å². The Kier molecular flexibility index (Phi) is 5.46. The van der Waals surface area contributed by atoms with Crippen LogP contribution >= 0.6 is 0 Å². The third-order valence-corrected chi connectivity index (χ3v) is 4.68. The summed E-state index contributed by atoms with van der Waals surface area (Å²) in [5.41, 5.74) is 0.446. The van der Waals surface area contributed by atoms with Gasteiger partial charge in [-0.1, -0.05) is 34.6 Å². The zero-order valence-corrected chi connectivity index (χ0v) is 12.7. The van der Waals surface area contributed by atoms with Crippen molar-refractivity contribution in [1.29, 1.82) is 0 Å². The molecule has 0 radical (unpaired) electrons. The van der Waals surface area contributed by atoms with E-state index in [0.29, 0.717) is 17.5 Å². The number of likely N-dealkylation sites (N-methyl/N-ethyl adjacent to an activating group) is 2. The molecule has 0 spiro atoms. The molecule has 3 atom stereocenters. The van der Waals surface area contributed by atoms with Crippen LogP contribution in [-0.4, -0.2) is 36.1 Å². The lowest BCUT2D eigenvalue weighted by atomic mass is 9.86. The summed E-state index contributed by atoms with van der Waals surface area (Å²) in [5.74, 6) is 0. The number of nitrogens with zero attached hydrogens (tertiary/aromatic N) is 1. The molecule has 1 aliphatic carbocycles. The van der Waals surface area contributed by atoms with Crippen LogP contribution in [-0.2, 0) is 0 Å². The topological polar surface area (TPSA) is 15.3 Å². The molecule has 0 bridgehead atoms. The van der Waals surface area contributed by atoms with Gasteiger partial charge in [0.25, 0.3) is 0 Å². The summed E-state index contributed by atoms with van der Waals surface area (Å²) < 4.78 is 0. The summed E-state index contributed by atoms with van der Waals surface area (Å²) in [4.78, 5) is 2.71. The Labute approximate surface area is 108 Å². The van der Waals surface area contributed by atoms with Gasteiger partial charge in [-0.25, -0.2) is 0 Å². The van der Waals surface area contributed by atoms with Gasteiger partial charge in [0.05, 0.1) is 0 Å². The highest BCUT2D eigenvalue weighted by molar-refractivity contribution is 5.01. The first-order valence-electron chi connectivity index (χ1n) is 7.47. The Morgan fingerprint density at radius 2 is 1.94 bits per heavy atom. The Morgan fingerprint density at radius 1 is 1.29 bits per heavy atom. The van der Waals surface area contributed by atoms with Gasteiger partial charge in [-0.2, -0.15) is 0 Å². The molecule has 0 aliphatic heterocycles. The average Bonchev–Trinajstić information content (AvgIpc) is 2.58. The second kappa shape index (κ2) is 6.19. The number of rotatable bonds is 6. The summed E-state index contributed by atoms with van der Waals surface area (Å²) >= 11 is 0. The predicted octanol–water partition coefficient (Wildman–Crippen LogP) is 3.27. The number of hydrogen-bond donors (Lipinski definition) is 1. The third kappa shape index (κ3) is 3.23. The molecule has 0 heterocycles. The lowest BCUT2D eigenvalue weighted by Crippen LogP contribution is -2.54. The van der Waals surface area contributed by atoms with Crippen molar-refractivity contribution in [2.24, 2.45) is 5.41 Å². The summed E-state index contributed by atoms with van der Waals surface area (Å²) in [5, 5.41) is 3.74. The van der Waals surface area contributed by atoms with Crippen molar-refractivity contribution in [1.82, 2.24) is 10.2 Å². The summed E-state index contributed by atoms with van der Waals surface area (Å²) in [7, 11) is 0. The van der Waals surface area contributed by atoms with Crippen molar-refractivity contribution >= 4 is 0 Å². The fraction of sp³-hybridized carbons (Fsp3) is 1.00. The van der Waals surface area contributed by atoms with E-state index in [1.54, 1.807) is 0 Å². The van der Waals surface area contributed by atoms with Gasteiger partial charge in [-0.15, -0.1) is 0 Å². The molecule has 102 valence electrons. The first kappa shape index (κ1) is 15.0. The maximum absolute atomic E-state index is 3.74. The first-order chi connectivity index (χ1) is 7.97. The largest absolute Gasteiger partial charge is 0.312 e. The second-order valence-corrected chi connectivity index (χ2v) is 6.22. The summed E-state index contributed by atoms with van der Waals surface area (Å²) in [6.07, 6.45) is 3.95. The molecule has 0 saturated heterocycles. The molecule has 3 unspecified atom stereocenters. The summed E-state index contributed by atoms with van der Waals surface area (Å²) in [6.45, 7) is 16.3. The van der Waals surface area contributed by atoms with Gasteiger partial charge in [0, 0.05) is 18.1 Å². The SMILES string of the molecule is CCNC1C(N(CC)C(C)CC)CCC1(C)C. The van der Waals surface area contributed by atoms with E-state index in [-0.39, 0.29) is 0 Å². The van der Waals surface area contributed by atoms with Gasteiger partial charge < -0.3 is 5.32 Å². The van der Waals surface area contributed by atoms with E-state index in [1.807, 2.05) is 0 Å². The normalized spacial score (nSPS) is 29.8. The molecule has 2 heteroatoms. The van der Waals surface area contributed by atoms with Crippen molar-refractivity contribution in [3.05, 3.63) is 0 Å². The highest BCUT2D eigenvalue weighted by Gasteiger charge is 2.44. The van der Waals surface area contributed by atoms with Crippen LogP contribution in [0.4, 0.5) is 0 Å². The highest BCUT2D eigenvalue weighted by Crippen LogP contribution is 2.40. The molecule has 1 rings (SSSR count). The van der Waals surface area contributed by atoms with E-state index in [2.05, 4.69) is 51.8 Å². The minimum Gasteiger partial charge on any atom is -0.312 e. The van der Waals surface area contributed by atoms with E-state index in [1.165, 1.54) is 25.8 Å². The molecule has 17 heavy (non-hydrogen) atoms. The van der Waals surface area contributed by atoms with E-state index in [9.17, 15) is 0 Å². The molecular weight excluding hydrogens is 208 g/mol. The minimum atomic E-state index is 0.446. The molecular formula is C15H32N2. The Morgan fingerprint density at radius 3 is 2.41 bits per heavy atom. The molecule has 1 saturated carbocycles. The van der Waals surface area contributed by atoms with Crippen molar-refractivity contribution < 1.29 is 0 Å². The van der Waals surface area contributed by atoms with E-state index in [0.717, 1.165) is 12.6 Å². The van der Waals surface area contributed by atoms with Crippen LogP contribution in [0.25, 0.3) is 0 Å². The summed E-state index contributed by atoms with van der Waals surface area (Å²) in [6, 6.07) is 2.09. The highest BCUT2D eigenvalue weighted by atomic mass is 15.2. The number of hydrogen-bond acceptors (Lipinski definition) is 2. The lowest BCUT2D eigenvalue weighted by Gasteiger charge is -2.40. The maximum atomic E-state index is 3.74. The molecule has 1 fully saturated rings. The van der Waals surface area contributed by atoms with Gasteiger partial charge in [-0.3, -0.25) is 4.90 Å². The molecule has 1 aliphatic rings. The maximum Gasteiger partial charge on any atom is 0.0274 e.